The van der Waals surface area contributed by atoms with E-state index in [1.807, 2.05) is 45.0 Å². The molecule has 1 aromatic carbocycles. The van der Waals surface area contributed by atoms with Gasteiger partial charge in [-0.1, -0.05) is 44.5 Å². The standard InChI is InChI=1S/C15H23ClN2O.ClH/c1-4-17-8-9-18-14(19)15(2,3)11-12-6-5-7-13(16)10-12;/h5-7,10,17H,4,8-9,11H2,1-3H3,(H,18,19);1H. The summed E-state index contributed by atoms with van der Waals surface area (Å²) in [7, 11) is 0. The van der Waals surface area contributed by atoms with E-state index in [1.165, 1.54) is 0 Å². The highest BCUT2D eigenvalue weighted by Crippen LogP contribution is 2.23. The molecule has 5 heteroatoms. The molecule has 20 heavy (non-hydrogen) atoms. The lowest BCUT2D eigenvalue weighted by Gasteiger charge is -2.24. The average Bonchev–Trinajstić information content (AvgIpc) is 2.33. The zero-order valence-corrected chi connectivity index (χ0v) is 13.9. The molecule has 0 aliphatic carbocycles. The first kappa shape index (κ1) is 19.2. The summed E-state index contributed by atoms with van der Waals surface area (Å²) in [6.45, 7) is 8.33. The molecule has 0 heterocycles. The molecular formula is C15H24Cl2N2O. The molecule has 0 aliphatic rings. The number of hydrogen-bond donors (Lipinski definition) is 2. The van der Waals surface area contributed by atoms with Crippen LogP contribution in [0.15, 0.2) is 24.3 Å². The van der Waals surface area contributed by atoms with Crippen LogP contribution in [-0.2, 0) is 11.2 Å². The molecule has 0 fully saturated rings. The molecule has 0 saturated heterocycles. The van der Waals surface area contributed by atoms with Gasteiger partial charge in [-0.15, -0.1) is 12.4 Å². The number of carbonyl (C=O) groups excluding carboxylic acids is 1. The molecule has 0 spiro atoms. The summed E-state index contributed by atoms with van der Waals surface area (Å²) in [5, 5.41) is 6.85. The Kier molecular flexibility index (Phi) is 8.86. The fourth-order valence-corrected chi connectivity index (χ4v) is 2.13. The predicted molar refractivity (Wildman–Crippen MR) is 87.7 cm³/mol. The molecule has 1 aromatic rings. The van der Waals surface area contributed by atoms with Gasteiger partial charge in [0.1, 0.15) is 0 Å². The third-order valence-electron chi connectivity index (χ3n) is 2.99. The van der Waals surface area contributed by atoms with Crippen molar-refractivity contribution in [3.05, 3.63) is 34.9 Å². The molecule has 1 rings (SSSR count). The fourth-order valence-electron chi connectivity index (χ4n) is 1.92. The second-order valence-corrected chi connectivity index (χ2v) is 5.74. The van der Waals surface area contributed by atoms with Crippen molar-refractivity contribution >= 4 is 29.9 Å². The van der Waals surface area contributed by atoms with E-state index in [2.05, 4.69) is 10.6 Å². The van der Waals surface area contributed by atoms with Crippen LogP contribution < -0.4 is 10.6 Å². The van der Waals surface area contributed by atoms with Crippen molar-refractivity contribution in [1.29, 1.82) is 0 Å². The van der Waals surface area contributed by atoms with E-state index in [9.17, 15) is 4.79 Å². The Hall–Kier alpha value is -0.770. The van der Waals surface area contributed by atoms with Crippen molar-refractivity contribution in [2.75, 3.05) is 19.6 Å². The average molecular weight is 319 g/mol. The first-order valence-electron chi connectivity index (χ1n) is 6.69. The summed E-state index contributed by atoms with van der Waals surface area (Å²) in [6.07, 6.45) is 0.681. The van der Waals surface area contributed by atoms with Crippen LogP contribution in [0.25, 0.3) is 0 Å². The van der Waals surface area contributed by atoms with Crippen molar-refractivity contribution in [2.45, 2.75) is 27.2 Å². The van der Waals surface area contributed by atoms with Gasteiger partial charge in [-0.25, -0.2) is 0 Å². The molecule has 0 unspecified atom stereocenters. The molecule has 1 amide bonds. The van der Waals surface area contributed by atoms with Gasteiger partial charge in [-0.05, 0) is 30.7 Å². The Morgan fingerprint density at radius 2 is 2.00 bits per heavy atom. The fraction of sp³-hybridized carbons (Fsp3) is 0.533. The topological polar surface area (TPSA) is 41.1 Å². The number of rotatable bonds is 7. The first-order valence-corrected chi connectivity index (χ1v) is 7.07. The monoisotopic (exact) mass is 318 g/mol. The number of amides is 1. The Bertz CT molecular complexity index is 422. The highest BCUT2D eigenvalue weighted by molar-refractivity contribution is 6.30. The van der Waals surface area contributed by atoms with Gasteiger partial charge in [0, 0.05) is 23.5 Å². The third-order valence-corrected chi connectivity index (χ3v) is 3.22. The molecule has 0 saturated carbocycles. The minimum absolute atomic E-state index is 0. The molecule has 0 aliphatic heterocycles. The van der Waals surface area contributed by atoms with Crippen molar-refractivity contribution < 1.29 is 4.79 Å². The van der Waals surface area contributed by atoms with Crippen molar-refractivity contribution in [1.82, 2.24) is 10.6 Å². The first-order chi connectivity index (χ1) is 8.95. The molecule has 114 valence electrons. The summed E-state index contributed by atoms with van der Waals surface area (Å²) in [5.74, 6) is 0.0744. The van der Waals surface area contributed by atoms with Crippen molar-refractivity contribution in [3.8, 4) is 0 Å². The summed E-state index contributed by atoms with van der Waals surface area (Å²) < 4.78 is 0. The summed E-state index contributed by atoms with van der Waals surface area (Å²) >= 11 is 5.96. The van der Waals surface area contributed by atoms with E-state index in [1.54, 1.807) is 0 Å². The van der Waals surface area contributed by atoms with E-state index in [0.29, 0.717) is 18.0 Å². The van der Waals surface area contributed by atoms with Gasteiger partial charge in [0.15, 0.2) is 0 Å². The van der Waals surface area contributed by atoms with Crippen LogP contribution in [-0.4, -0.2) is 25.5 Å². The minimum atomic E-state index is -0.434. The number of nitrogens with one attached hydrogen (secondary N) is 2. The summed E-state index contributed by atoms with van der Waals surface area (Å²) in [4.78, 5) is 12.1. The minimum Gasteiger partial charge on any atom is -0.354 e. The largest absolute Gasteiger partial charge is 0.354 e. The summed E-state index contributed by atoms with van der Waals surface area (Å²) in [5.41, 5.74) is 0.649. The molecule has 0 atom stereocenters. The van der Waals surface area contributed by atoms with E-state index in [4.69, 9.17) is 11.6 Å². The van der Waals surface area contributed by atoms with Gasteiger partial charge in [-0.2, -0.15) is 0 Å². The normalized spacial score (nSPS) is 10.8. The van der Waals surface area contributed by atoms with Gasteiger partial charge in [-0.3, -0.25) is 4.79 Å². The molecule has 3 nitrogen and oxygen atoms in total. The maximum atomic E-state index is 12.1. The zero-order valence-electron chi connectivity index (χ0n) is 12.3. The second-order valence-electron chi connectivity index (χ2n) is 5.30. The Balaban J connectivity index is 0.00000361. The van der Waals surface area contributed by atoms with Gasteiger partial charge < -0.3 is 10.6 Å². The molecule has 0 radical (unpaired) electrons. The highest BCUT2D eigenvalue weighted by Gasteiger charge is 2.27. The number of halogens is 2. The number of hydrogen-bond acceptors (Lipinski definition) is 2. The van der Waals surface area contributed by atoms with Crippen LogP contribution in [0.2, 0.25) is 5.02 Å². The summed E-state index contributed by atoms with van der Waals surface area (Å²) in [6, 6.07) is 7.67. The zero-order chi connectivity index (χ0) is 14.3. The van der Waals surface area contributed by atoms with Crippen LogP contribution in [0.3, 0.4) is 0 Å². The number of carbonyl (C=O) groups is 1. The highest BCUT2D eigenvalue weighted by atomic mass is 35.5. The Morgan fingerprint density at radius 1 is 1.30 bits per heavy atom. The van der Waals surface area contributed by atoms with E-state index >= 15 is 0 Å². The number of benzene rings is 1. The van der Waals surface area contributed by atoms with Gasteiger partial charge in [0.2, 0.25) is 5.91 Å². The number of likely N-dealkylation sites (N-methyl/N-ethyl adjacent to an activating group) is 1. The van der Waals surface area contributed by atoms with Crippen LogP contribution in [0.1, 0.15) is 26.3 Å². The predicted octanol–water partition coefficient (Wildman–Crippen LogP) is 3.06. The van der Waals surface area contributed by atoms with Crippen LogP contribution in [0.4, 0.5) is 0 Å². The molecule has 2 N–H and O–H groups in total. The lowest BCUT2D eigenvalue weighted by atomic mass is 9.85. The van der Waals surface area contributed by atoms with Crippen LogP contribution in [0.5, 0.6) is 0 Å². The maximum absolute atomic E-state index is 12.1. The van der Waals surface area contributed by atoms with Crippen molar-refractivity contribution in [2.24, 2.45) is 5.41 Å². The molecule has 0 bridgehead atoms. The van der Waals surface area contributed by atoms with Gasteiger partial charge in [0.05, 0.1) is 0 Å². The van der Waals surface area contributed by atoms with Gasteiger partial charge in [0.25, 0.3) is 0 Å². The third kappa shape index (κ3) is 6.60. The van der Waals surface area contributed by atoms with Gasteiger partial charge >= 0.3 is 0 Å². The molecular weight excluding hydrogens is 295 g/mol. The Labute approximate surface area is 132 Å². The lowest BCUT2D eigenvalue weighted by Crippen LogP contribution is -2.41. The van der Waals surface area contributed by atoms with Crippen LogP contribution in [0, 0.1) is 5.41 Å². The smallest absolute Gasteiger partial charge is 0.226 e. The second kappa shape index (κ2) is 9.22. The SMILES string of the molecule is CCNCCNC(=O)C(C)(C)Cc1cccc(Cl)c1.Cl. The Morgan fingerprint density at radius 3 is 2.60 bits per heavy atom. The lowest BCUT2D eigenvalue weighted by molar-refractivity contribution is -0.129. The van der Waals surface area contributed by atoms with E-state index in [-0.39, 0.29) is 18.3 Å². The van der Waals surface area contributed by atoms with Crippen molar-refractivity contribution in [3.63, 3.8) is 0 Å². The van der Waals surface area contributed by atoms with E-state index < -0.39 is 5.41 Å². The van der Waals surface area contributed by atoms with Crippen LogP contribution >= 0.6 is 24.0 Å². The van der Waals surface area contributed by atoms with E-state index in [0.717, 1.165) is 18.7 Å². The quantitative estimate of drug-likeness (QED) is 0.759. The maximum Gasteiger partial charge on any atom is 0.226 e. The molecule has 0 aromatic heterocycles.